The van der Waals surface area contributed by atoms with Gasteiger partial charge in [-0.1, -0.05) is 11.3 Å². The molecule has 2 aromatic rings. The number of aliphatic hydroxyl groups excluding tert-OH is 1. The zero-order valence-corrected chi connectivity index (χ0v) is 13.3. The molecule has 2 aromatic heterocycles. The third kappa shape index (κ3) is 2.39. The number of carbonyl (C=O) groups excluding carboxylic acids is 2. The Morgan fingerprint density at radius 1 is 1.44 bits per heavy atom. The molecule has 2 aliphatic rings. The molecule has 4 rings (SSSR count). The monoisotopic (exact) mass is 362 g/mol. The van der Waals surface area contributed by atoms with Gasteiger partial charge in [-0.3, -0.25) is 24.6 Å². The Morgan fingerprint density at radius 2 is 2.20 bits per heavy atom. The number of hydrogen-bond donors (Lipinski definition) is 1. The minimum atomic E-state index is -1.11. The van der Waals surface area contributed by atoms with Crippen LogP contribution in [0.5, 0.6) is 0 Å². The minimum Gasteiger partial charge on any atom is -0.503 e. The highest BCUT2D eigenvalue weighted by Gasteiger charge is 2.50. The molecular weight excluding hydrogens is 352 g/mol. The van der Waals surface area contributed by atoms with Gasteiger partial charge in [0.25, 0.3) is 5.91 Å². The lowest BCUT2D eigenvalue weighted by Gasteiger charge is -2.21. The van der Waals surface area contributed by atoms with E-state index in [1.54, 1.807) is 0 Å². The van der Waals surface area contributed by atoms with Gasteiger partial charge in [0.2, 0.25) is 5.13 Å². The molecule has 0 spiro atoms. The van der Waals surface area contributed by atoms with E-state index in [0.29, 0.717) is 12.8 Å². The lowest BCUT2D eigenvalue weighted by molar-refractivity contribution is -0.402. The van der Waals surface area contributed by atoms with E-state index in [2.05, 4.69) is 10.2 Å². The summed E-state index contributed by atoms with van der Waals surface area (Å²) in [5.41, 5.74) is 1.27. The van der Waals surface area contributed by atoms with Gasteiger partial charge in [-0.05, 0) is 18.9 Å². The number of furan rings is 1. The molecule has 128 valence electrons. The molecule has 11 heteroatoms. The minimum absolute atomic E-state index is 0.00306. The Kier molecular flexibility index (Phi) is 3.39. The highest BCUT2D eigenvalue weighted by Crippen LogP contribution is 2.46. The van der Waals surface area contributed by atoms with Gasteiger partial charge < -0.3 is 9.52 Å². The van der Waals surface area contributed by atoms with Gasteiger partial charge >= 0.3 is 5.88 Å². The second-order valence-electron chi connectivity index (χ2n) is 5.63. The number of nitrogens with zero attached hydrogens (tertiary/aromatic N) is 4. The van der Waals surface area contributed by atoms with Crippen molar-refractivity contribution >= 4 is 34.0 Å². The van der Waals surface area contributed by atoms with Crippen molar-refractivity contribution in [3.05, 3.63) is 44.9 Å². The SMILES string of the molecule is O=C(C1=C(O)C(=O)N(c2nncs2)C1c1ccc([N+](=O)[O-])o1)C1CC1. The predicted molar refractivity (Wildman–Crippen MR) is 82.9 cm³/mol. The lowest BCUT2D eigenvalue weighted by atomic mass is 9.98. The summed E-state index contributed by atoms with van der Waals surface area (Å²) in [4.78, 5) is 36.4. The number of carbonyl (C=O) groups is 2. The fraction of sp³-hybridized carbons (Fsp3) is 0.286. The Balaban J connectivity index is 1.84. The smallest absolute Gasteiger partial charge is 0.433 e. The fourth-order valence-corrected chi connectivity index (χ4v) is 3.33. The topological polar surface area (TPSA) is 140 Å². The van der Waals surface area contributed by atoms with Gasteiger partial charge in [0.05, 0.1) is 11.6 Å². The molecule has 3 heterocycles. The van der Waals surface area contributed by atoms with Crippen molar-refractivity contribution in [1.82, 2.24) is 10.2 Å². The molecule has 0 bridgehead atoms. The first kappa shape index (κ1) is 15.4. The van der Waals surface area contributed by atoms with Crippen molar-refractivity contribution in [1.29, 1.82) is 0 Å². The fourth-order valence-electron chi connectivity index (χ4n) is 2.75. The van der Waals surface area contributed by atoms with Gasteiger partial charge in [-0.15, -0.1) is 10.2 Å². The number of ketones is 1. The van der Waals surface area contributed by atoms with Gasteiger partial charge in [0.1, 0.15) is 22.2 Å². The zero-order chi connectivity index (χ0) is 17.7. The molecule has 1 fully saturated rings. The highest BCUT2D eigenvalue weighted by atomic mass is 32.1. The average molecular weight is 362 g/mol. The Bertz CT molecular complexity index is 914. The molecule has 1 aliphatic heterocycles. The largest absolute Gasteiger partial charge is 0.503 e. The molecule has 1 saturated carbocycles. The first-order chi connectivity index (χ1) is 12.0. The summed E-state index contributed by atoms with van der Waals surface area (Å²) in [7, 11) is 0. The van der Waals surface area contributed by atoms with Crippen LogP contribution >= 0.6 is 11.3 Å². The maximum Gasteiger partial charge on any atom is 0.433 e. The van der Waals surface area contributed by atoms with Crippen molar-refractivity contribution in [2.75, 3.05) is 4.90 Å². The van der Waals surface area contributed by atoms with Crippen molar-refractivity contribution in [2.45, 2.75) is 18.9 Å². The van der Waals surface area contributed by atoms with Crippen LogP contribution in [0.2, 0.25) is 0 Å². The molecule has 10 nitrogen and oxygen atoms in total. The maximum atomic E-state index is 12.6. The molecule has 0 radical (unpaired) electrons. The summed E-state index contributed by atoms with van der Waals surface area (Å²) in [6.07, 6.45) is 1.35. The van der Waals surface area contributed by atoms with Crippen molar-refractivity contribution in [3.8, 4) is 0 Å². The molecule has 1 N–H and O–H groups in total. The van der Waals surface area contributed by atoms with E-state index in [4.69, 9.17) is 4.42 Å². The van der Waals surface area contributed by atoms with E-state index in [0.717, 1.165) is 22.3 Å². The number of hydrogen-bond acceptors (Lipinski definition) is 9. The number of amides is 1. The number of anilines is 1. The van der Waals surface area contributed by atoms with Crippen LogP contribution in [0.1, 0.15) is 24.6 Å². The molecule has 1 amide bonds. The summed E-state index contributed by atoms with van der Waals surface area (Å²) in [5.74, 6) is -2.64. The third-order valence-corrected chi connectivity index (χ3v) is 4.73. The van der Waals surface area contributed by atoms with Crippen LogP contribution in [0.25, 0.3) is 0 Å². The first-order valence-corrected chi connectivity index (χ1v) is 8.18. The molecule has 25 heavy (non-hydrogen) atoms. The standard InChI is InChI=1S/C14H10N4O6S/c19-11(6-1-2-6)9-10(7-3-4-8(24-7)18(22)23)17(13(21)12(9)20)14-16-15-5-25-14/h3-6,10,20H,1-2H2. The quantitative estimate of drug-likeness (QED) is 0.628. The normalized spacial score (nSPS) is 20.4. The third-order valence-electron chi connectivity index (χ3n) is 4.04. The number of rotatable bonds is 5. The van der Waals surface area contributed by atoms with E-state index >= 15 is 0 Å². The Morgan fingerprint density at radius 3 is 2.76 bits per heavy atom. The first-order valence-electron chi connectivity index (χ1n) is 7.30. The molecule has 1 aliphatic carbocycles. The number of nitro groups is 1. The molecule has 0 aromatic carbocycles. The van der Waals surface area contributed by atoms with Crippen LogP contribution in [0.15, 0.2) is 33.4 Å². The van der Waals surface area contributed by atoms with Crippen LogP contribution in [0.4, 0.5) is 11.0 Å². The van der Waals surface area contributed by atoms with E-state index in [9.17, 15) is 24.8 Å². The highest BCUT2D eigenvalue weighted by molar-refractivity contribution is 7.13. The Labute approximate surface area is 143 Å². The van der Waals surface area contributed by atoms with Crippen molar-refractivity contribution in [3.63, 3.8) is 0 Å². The van der Waals surface area contributed by atoms with E-state index < -0.39 is 28.5 Å². The van der Waals surface area contributed by atoms with Crippen LogP contribution in [-0.2, 0) is 9.59 Å². The van der Waals surface area contributed by atoms with Gasteiger partial charge in [-0.25, -0.2) is 0 Å². The van der Waals surface area contributed by atoms with Crippen LogP contribution in [0.3, 0.4) is 0 Å². The summed E-state index contributed by atoms with van der Waals surface area (Å²) in [5, 5.41) is 28.8. The number of Topliss-reactive ketones (excluding diaryl/α,β-unsaturated/α-hetero) is 1. The second kappa shape index (κ2) is 5.48. The van der Waals surface area contributed by atoms with Gasteiger partial charge in [-0.2, -0.15) is 0 Å². The molecule has 0 saturated heterocycles. The number of aromatic nitrogens is 2. The van der Waals surface area contributed by atoms with E-state index in [1.165, 1.54) is 11.6 Å². The zero-order valence-electron chi connectivity index (χ0n) is 12.5. The molecule has 1 unspecified atom stereocenters. The summed E-state index contributed by atoms with van der Waals surface area (Å²) >= 11 is 1.03. The van der Waals surface area contributed by atoms with Gasteiger partial charge in [0, 0.05) is 5.92 Å². The Hall–Kier alpha value is -3.08. The number of aliphatic hydroxyl groups is 1. The maximum absolute atomic E-state index is 12.6. The summed E-state index contributed by atoms with van der Waals surface area (Å²) in [6, 6.07) is 1.33. The second-order valence-corrected chi connectivity index (χ2v) is 6.44. The summed E-state index contributed by atoms with van der Waals surface area (Å²) in [6.45, 7) is 0. The predicted octanol–water partition coefficient (Wildman–Crippen LogP) is 1.92. The van der Waals surface area contributed by atoms with Crippen molar-refractivity contribution < 1.29 is 24.0 Å². The lowest BCUT2D eigenvalue weighted by Crippen LogP contribution is -2.30. The van der Waals surface area contributed by atoms with Crippen LogP contribution < -0.4 is 4.90 Å². The van der Waals surface area contributed by atoms with E-state index in [1.807, 2.05) is 0 Å². The molecule has 1 atom stereocenters. The molecular formula is C14H10N4O6S. The van der Waals surface area contributed by atoms with Crippen LogP contribution in [-0.4, -0.2) is 31.9 Å². The average Bonchev–Trinajstić information content (AvgIpc) is 2.99. The van der Waals surface area contributed by atoms with E-state index in [-0.39, 0.29) is 28.2 Å². The van der Waals surface area contributed by atoms with Crippen LogP contribution in [0, 0.1) is 16.0 Å². The summed E-state index contributed by atoms with van der Waals surface area (Å²) < 4.78 is 5.20. The van der Waals surface area contributed by atoms with Gasteiger partial charge in [0.15, 0.2) is 11.5 Å². The van der Waals surface area contributed by atoms with Crippen molar-refractivity contribution in [2.24, 2.45) is 5.92 Å².